The normalized spacial score (nSPS) is 32.3. The van der Waals surface area contributed by atoms with Gasteiger partial charge < -0.3 is 9.47 Å². The highest BCUT2D eigenvalue weighted by molar-refractivity contribution is 5.91. The molecule has 0 spiro atoms. The van der Waals surface area contributed by atoms with Gasteiger partial charge in [0.2, 0.25) is 0 Å². The van der Waals surface area contributed by atoms with Gasteiger partial charge in [-0.3, -0.25) is 0 Å². The monoisotopic (exact) mass is 276 g/mol. The third-order valence-corrected chi connectivity index (χ3v) is 3.91. The van der Waals surface area contributed by atoms with Crippen molar-refractivity contribution >= 4 is 11.9 Å². The Morgan fingerprint density at radius 3 is 2.90 bits per heavy atom. The zero-order valence-corrected chi connectivity index (χ0v) is 12.0. The van der Waals surface area contributed by atoms with Crippen molar-refractivity contribution in [1.82, 2.24) is 0 Å². The van der Waals surface area contributed by atoms with E-state index in [0.29, 0.717) is 24.0 Å². The van der Waals surface area contributed by atoms with Crippen molar-refractivity contribution < 1.29 is 19.1 Å². The second-order valence-corrected chi connectivity index (χ2v) is 5.33. The topological polar surface area (TPSA) is 52.6 Å². The summed E-state index contributed by atoms with van der Waals surface area (Å²) in [7, 11) is 1.38. The number of allylic oxidation sites excluding steroid dienone is 2. The molecule has 0 aromatic carbocycles. The van der Waals surface area contributed by atoms with Crippen molar-refractivity contribution in [2.24, 2.45) is 5.92 Å². The molecular weight excluding hydrogens is 256 g/mol. The van der Waals surface area contributed by atoms with Crippen LogP contribution in [0.25, 0.3) is 0 Å². The molecule has 2 atom stereocenters. The predicted octanol–water partition coefficient (Wildman–Crippen LogP) is 2.70. The summed E-state index contributed by atoms with van der Waals surface area (Å²) in [4.78, 5) is 23.4. The van der Waals surface area contributed by atoms with Crippen molar-refractivity contribution in [1.29, 1.82) is 0 Å². The summed E-state index contributed by atoms with van der Waals surface area (Å²) < 4.78 is 10.2. The van der Waals surface area contributed by atoms with E-state index in [9.17, 15) is 9.59 Å². The first kappa shape index (κ1) is 14.6. The van der Waals surface area contributed by atoms with Crippen LogP contribution in [0.15, 0.2) is 35.5 Å². The van der Waals surface area contributed by atoms with Gasteiger partial charge >= 0.3 is 11.9 Å². The summed E-state index contributed by atoms with van der Waals surface area (Å²) in [6.07, 6.45) is 6.56. The predicted molar refractivity (Wildman–Crippen MR) is 74.8 cm³/mol. The molecule has 0 saturated carbocycles. The highest BCUT2D eigenvalue weighted by Crippen LogP contribution is 2.34. The van der Waals surface area contributed by atoms with E-state index in [1.165, 1.54) is 12.7 Å². The number of esters is 2. The van der Waals surface area contributed by atoms with Crippen LogP contribution in [-0.4, -0.2) is 25.2 Å². The van der Waals surface area contributed by atoms with E-state index in [0.717, 1.165) is 12.8 Å². The molecule has 2 aliphatic rings. The lowest BCUT2D eigenvalue weighted by atomic mass is 9.88. The van der Waals surface area contributed by atoms with Gasteiger partial charge in [-0.25, -0.2) is 9.59 Å². The molecule has 0 N–H and O–H groups in total. The van der Waals surface area contributed by atoms with Crippen molar-refractivity contribution in [2.75, 3.05) is 7.11 Å². The molecule has 20 heavy (non-hydrogen) atoms. The van der Waals surface area contributed by atoms with Gasteiger partial charge in [0.15, 0.2) is 0 Å². The highest BCUT2D eigenvalue weighted by Gasteiger charge is 2.38. The lowest BCUT2D eigenvalue weighted by Gasteiger charge is -2.18. The SMILES string of the molecule is C=C1C(=O)O[C@H]2C/C(C)=C/CC/C(C(=O)OC)=C/C[C@H]12. The van der Waals surface area contributed by atoms with Crippen LogP contribution in [0, 0.1) is 5.92 Å². The van der Waals surface area contributed by atoms with E-state index < -0.39 is 0 Å². The van der Waals surface area contributed by atoms with E-state index in [-0.39, 0.29) is 24.0 Å². The first-order chi connectivity index (χ1) is 9.52. The third-order valence-electron chi connectivity index (χ3n) is 3.91. The summed E-state index contributed by atoms with van der Waals surface area (Å²) in [5.74, 6) is -0.673. The van der Waals surface area contributed by atoms with Crippen LogP contribution in [0.5, 0.6) is 0 Å². The maximum Gasteiger partial charge on any atom is 0.334 e. The fraction of sp³-hybridized carbons (Fsp3) is 0.500. The van der Waals surface area contributed by atoms with E-state index >= 15 is 0 Å². The van der Waals surface area contributed by atoms with Crippen LogP contribution in [-0.2, 0) is 19.1 Å². The van der Waals surface area contributed by atoms with Gasteiger partial charge in [0, 0.05) is 23.5 Å². The number of rotatable bonds is 1. The van der Waals surface area contributed by atoms with Crippen LogP contribution in [0.1, 0.15) is 32.6 Å². The standard InChI is InChI=1S/C16H20O4/c1-10-5-4-6-12(16(18)19-3)7-8-13-11(2)15(17)20-14(13)9-10/h5,7,13-14H,2,4,6,8-9H2,1,3H3/b10-5+,12-7-/t13-,14+/m1/s1. The number of ether oxygens (including phenoxy) is 2. The lowest BCUT2D eigenvalue weighted by Crippen LogP contribution is -2.18. The highest BCUT2D eigenvalue weighted by atomic mass is 16.6. The molecule has 1 aliphatic carbocycles. The average Bonchev–Trinajstić information content (AvgIpc) is 2.68. The van der Waals surface area contributed by atoms with Gasteiger partial charge in [-0.15, -0.1) is 0 Å². The maximum absolute atomic E-state index is 11.7. The molecule has 1 saturated heterocycles. The van der Waals surface area contributed by atoms with E-state index in [2.05, 4.69) is 12.7 Å². The number of carbonyl (C=O) groups excluding carboxylic acids is 2. The summed E-state index contributed by atoms with van der Waals surface area (Å²) in [5, 5.41) is 0. The Kier molecular flexibility index (Phi) is 4.42. The zero-order valence-electron chi connectivity index (χ0n) is 12.0. The smallest absolute Gasteiger partial charge is 0.334 e. The van der Waals surface area contributed by atoms with Crippen LogP contribution in [0.4, 0.5) is 0 Å². The Bertz CT molecular complexity index is 499. The van der Waals surface area contributed by atoms with Gasteiger partial charge in [0.1, 0.15) is 6.10 Å². The van der Waals surface area contributed by atoms with Gasteiger partial charge in [0.05, 0.1) is 7.11 Å². The van der Waals surface area contributed by atoms with Gasteiger partial charge in [-0.05, 0) is 26.2 Å². The third kappa shape index (κ3) is 3.00. The van der Waals surface area contributed by atoms with Gasteiger partial charge in [-0.1, -0.05) is 24.3 Å². The molecule has 0 bridgehead atoms. The summed E-state index contributed by atoms with van der Waals surface area (Å²) in [5.41, 5.74) is 2.34. The van der Waals surface area contributed by atoms with Gasteiger partial charge in [0.25, 0.3) is 0 Å². The molecule has 4 heteroatoms. The number of hydrogen-bond acceptors (Lipinski definition) is 4. The Balaban J connectivity index is 2.27. The van der Waals surface area contributed by atoms with Crippen LogP contribution in [0.3, 0.4) is 0 Å². The molecule has 4 nitrogen and oxygen atoms in total. The summed E-state index contributed by atoms with van der Waals surface area (Å²) in [6, 6.07) is 0. The van der Waals surface area contributed by atoms with E-state index in [1.54, 1.807) is 0 Å². The van der Waals surface area contributed by atoms with Crippen molar-refractivity contribution in [2.45, 2.75) is 38.7 Å². The molecule has 0 amide bonds. The van der Waals surface area contributed by atoms with Crippen LogP contribution < -0.4 is 0 Å². The van der Waals surface area contributed by atoms with E-state index in [4.69, 9.17) is 9.47 Å². The Morgan fingerprint density at radius 1 is 1.45 bits per heavy atom. The first-order valence-corrected chi connectivity index (χ1v) is 6.85. The zero-order chi connectivity index (χ0) is 14.7. The quantitative estimate of drug-likeness (QED) is 0.420. The molecule has 0 unspecified atom stereocenters. The average molecular weight is 276 g/mol. The molecular formula is C16H20O4. The van der Waals surface area contributed by atoms with Crippen molar-refractivity contribution in [3.05, 3.63) is 35.5 Å². The molecule has 1 aliphatic heterocycles. The molecule has 0 radical (unpaired) electrons. The summed E-state index contributed by atoms with van der Waals surface area (Å²) in [6.45, 7) is 5.84. The van der Waals surface area contributed by atoms with E-state index in [1.807, 2.05) is 13.0 Å². The second-order valence-electron chi connectivity index (χ2n) is 5.33. The largest absolute Gasteiger partial charge is 0.466 e. The maximum atomic E-state index is 11.7. The Hall–Kier alpha value is -1.84. The minimum absolute atomic E-state index is 0.0522. The fourth-order valence-corrected chi connectivity index (χ4v) is 2.71. The lowest BCUT2D eigenvalue weighted by molar-refractivity contribution is -0.139. The van der Waals surface area contributed by atoms with Crippen molar-refractivity contribution in [3.8, 4) is 0 Å². The van der Waals surface area contributed by atoms with Crippen LogP contribution in [0.2, 0.25) is 0 Å². The van der Waals surface area contributed by atoms with Gasteiger partial charge in [-0.2, -0.15) is 0 Å². The second kappa shape index (κ2) is 6.07. The number of fused-ring (bicyclic) bond motifs is 1. The molecule has 2 rings (SSSR count). The van der Waals surface area contributed by atoms with Crippen molar-refractivity contribution in [3.63, 3.8) is 0 Å². The number of hydrogen-bond donors (Lipinski definition) is 0. The molecule has 0 aromatic rings. The molecule has 0 aromatic heterocycles. The Labute approximate surface area is 119 Å². The molecule has 1 fully saturated rings. The van der Waals surface area contributed by atoms with Crippen LogP contribution >= 0.6 is 0 Å². The number of methoxy groups -OCH3 is 1. The fourth-order valence-electron chi connectivity index (χ4n) is 2.71. The first-order valence-electron chi connectivity index (χ1n) is 6.85. The summed E-state index contributed by atoms with van der Waals surface area (Å²) >= 11 is 0. The Morgan fingerprint density at radius 2 is 2.20 bits per heavy atom. The molecule has 1 heterocycles. The minimum atomic E-state index is -0.319. The number of carbonyl (C=O) groups is 2. The molecule has 108 valence electrons. The minimum Gasteiger partial charge on any atom is -0.466 e.